The van der Waals surface area contributed by atoms with Crippen molar-refractivity contribution >= 4 is 35.1 Å². The molecule has 8 nitrogen and oxygen atoms in total. The minimum absolute atomic E-state index is 0.0431. The second-order valence-corrected chi connectivity index (χ2v) is 9.04. The summed E-state index contributed by atoms with van der Waals surface area (Å²) in [7, 11) is 0. The number of piperidine rings is 1. The second-order valence-electron chi connectivity index (χ2n) is 8.16. The molecule has 0 saturated carbocycles. The van der Waals surface area contributed by atoms with Gasteiger partial charge in [-0.2, -0.15) is 0 Å². The molecule has 0 unspecified atom stereocenters. The number of nitrogens with zero attached hydrogens (tertiary/aromatic N) is 2. The van der Waals surface area contributed by atoms with Crippen molar-refractivity contribution in [1.29, 1.82) is 0 Å². The van der Waals surface area contributed by atoms with E-state index in [4.69, 9.17) is 5.73 Å². The van der Waals surface area contributed by atoms with Crippen LogP contribution in [-0.4, -0.2) is 47.2 Å². The third-order valence-corrected chi connectivity index (χ3v) is 6.36. The number of nitrogens with two attached hydrogens (primary N) is 1. The Kier molecular flexibility index (Phi) is 7.76. The van der Waals surface area contributed by atoms with Gasteiger partial charge in [-0.3, -0.25) is 9.59 Å². The standard InChI is InChI=1S/C25H28N6O2S/c1-34-20-9-7-16(8-10-20)12-22(32)29-18-5-2-4-17(13-18)21-15-28-24(26)23(31-21)25(33)30-19-6-3-11-27-14-19/h2,4-5,7-10,13,15,19,27H,3,6,11-12,14H2,1H3,(H2,26,28)(H,29,32)(H,30,33)/t19-/m0/s1. The molecule has 1 aliphatic rings. The van der Waals surface area contributed by atoms with Gasteiger partial charge in [0.1, 0.15) is 0 Å². The van der Waals surface area contributed by atoms with E-state index in [1.165, 1.54) is 6.20 Å². The van der Waals surface area contributed by atoms with E-state index in [0.717, 1.165) is 42.0 Å². The fourth-order valence-electron chi connectivity index (χ4n) is 3.82. The third kappa shape index (κ3) is 6.12. The third-order valence-electron chi connectivity index (χ3n) is 5.61. The Morgan fingerprint density at radius 1 is 1.21 bits per heavy atom. The zero-order chi connectivity index (χ0) is 23.9. The summed E-state index contributed by atoms with van der Waals surface area (Å²) >= 11 is 1.66. The normalized spacial score (nSPS) is 15.5. The Morgan fingerprint density at radius 3 is 2.76 bits per heavy atom. The Balaban J connectivity index is 1.45. The van der Waals surface area contributed by atoms with Crippen LogP contribution >= 0.6 is 11.8 Å². The molecule has 1 aliphatic heterocycles. The summed E-state index contributed by atoms with van der Waals surface area (Å²) in [5.41, 5.74) is 8.87. The molecule has 5 N–H and O–H groups in total. The number of anilines is 2. The molecule has 0 aliphatic carbocycles. The second kappa shape index (κ2) is 11.1. The molecular weight excluding hydrogens is 448 g/mol. The average molecular weight is 477 g/mol. The molecular formula is C25H28N6O2S. The van der Waals surface area contributed by atoms with Crippen LogP contribution in [0, 0.1) is 0 Å². The maximum Gasteiger partial charge on any atom is 0.274 e. The number of thioether (sulfide) groups is 1. The van der Waals surface area contributed by atoms with Crippen molar-refractivity contribution in [3.63, 3.8) is 0 Å². The summed E-state index contributed by atoms with van der Waals surface area (Å²) in [6.45, 7) is 1.68. The van der Waals surface area contributed by atoms with E-state index in [-0.39, 0.29) is 35.8 Å². The van der Waals surface area contributed by atoms with Gasteiger partial charge in [-0.1, -0.05) is 24.3 Å². The molecule has 176 valence electrons. The molecule has 0 spiro atoms. The van der Waals surface area contributed by atoms with Crippen molar-refractivity contribution in [2.24, 2.45) is 0 Å². The fourth-order valence-corrected chi connectivity index (χ4v) is 4.23. The molecule has 4 rings (SSSR count). The van der Waals surface area contributed by atoms with Crippen LogP contribution in [0.2, 0.25) is 0 Å². The van der Waals surface area contributed by atoms with E-state index in [0.29, 0.717) is 11.4 Å². The van der Waals surface area contributed by atoms with Crippen LogP contribution in [0.25, 0.3) is 11.3 Å². The van der Waals surface area contributed by atoms with Crippen LogP contribution in [0.1, 0.15) is 28.9 Å². The molecule has 2 amide bonds. The van der Waals surface area contributed by atoms with Gasteiger partial charge < -0.3 is 21.7 Å². The molecule has 0 bridgehead atoms. The van der Waals surface area contributed by atoms with Gasteiger partial charge in [0.2, 0.25) is 5.91 Å². The van der Waals surface area contributed by atoms with Crippen molar-refractivity contribution in [2.75, 3.05) is 30.4 Å². The number of nitrogens with one attached hydrogen (secondary N) is 3. The number of aromatic nitrogens is 2. The van der Waals surface area contributed by atoms with Crippen molar-refractivity contribution in [3.8, 4) is 11.3 Å². The first-order valence-electron chi connectivity index (χ1n) is 11.2. The largest absolute Gasteiger partial charge is 0.382 e. The zero-order valence-electron chi connectivity index (χ0n) is 19.0. The molecule has 1 fully saturated rings. The summed E-state index contributed by atoms with van der Waals surface area (Å²) in [5.74, 6) is -0.363. The van der Waals surface area contributed by atoms with Gasteiger partial charge >= 0.3 is 0 Å². The predicted molar refractivity (Wildman–Crippen MR) is 136 cm³/mol. The first-order chi connectivity index (χ1) is 16.5. The fraction of sp³-hybridized carbons (Fsp3) is 0.280. The summed E-state index contributed by atoms with van der Waals surface area (Å²) < 4.78 is 0. The number of carbonyl (C=O) groups excluding carboxylic acids is 2. The van der Waals surface area contributed by atoms with Crippen molar-refractivity contribution in [2.45, 2.75) is 30.2 Å². The number of amides is 2. The Labute approximate surface area is 203 Å². The highest BCUT2D eigenvalue weighted by molar-refractivity contribution is 7.98. The van der Waals surface area contributed by atoms with E-state index in [1.807, 2.05) is 54.8 Å². The van der Waals surface area contributed by atoms with Crippen LogP contribution in [-0.2, 0) is 11.2 Å². The van der Waals surface area contributed by atoms with E-state index in [2.05, 4.69) is 25.9 Å². The number of nitrogen functional groups attached to an aromatic ring is 1. The molecule has 1 saturated heterocycles. The highest BCUT2D eigenvalue weighted by Crippen LogP contribution is 2.23. The first kappa shape index (κ1) is 23.7. The lowest BCUT2D eigenvalue weighted by atomic mass is 10.1. The van der Waals surface area contributed by atoms with E-state index in [9.17, 15) is 9.59 Å². The van der Waals surface area contributed by atoms with Gasteiger partial charge in [-0.25, -0.2) is 9.97 Å². The van der Waals surface area contributed by atoms with Gasteiger partial charge in [0.05, 0.1) is 18.3 Å². The minimum atomic E-state index is -0.336. The maximum atomic E-state index is 12.8. The molecule has 9 heteroatoms. The molecule has 2 heterocycles. The summed E-state index contributed by atoms with van der Waals surface area (Å²) in [6, 6.07) is 15.3. The summed E-state index contributed by atoms with van der Waals surface area (Å²) in [6.07, 6.45) is 5.75. The molecule has 3 aromatic rings. The van der Waals surface area contributed by atoms with E-state index in [1.54, 1.807) is 11.8 Å². The lowest BCUT2D eigenvalue weighted by Gasteiger charge is -2.23. The Morgan fingerprint density at radius 2 is 2.03 bits per heavy atom. The van der Waals surface area contributed by atoms with Crippen molar-refractivity contribution < 1.29 is 9.59 Å². The topological polar surface area (TPSA) is 122 Å². The lowest BCUT2D eigenvalue weighted by Crippen LogP contribution is -2.46. The molecule has 0 radical (unpaired) electrons. The van der Waals surface area contributed by atoms with Crippen LogP contribution < -0.4 is 21.7 Å². The Bertz CT molecular complexity index is 1160. The number of carbonyl (C=O) groups is 2. The van der Waals surface area contributed by atoms with Crippen LogP contribution in [0.15, 0.2) is 59.6 Å². The summed E-state index contributed by atoms with van der Waals surface area (Å²) in [4.78, 5) is 35.1. The van der Waals surface area contributed by atoms with Crippen LogP contribution in [0.4, 0.5) is 11.5 Å². The van der Waals surface area contributed by atoms with E-state index < -0.39 is 0 Å². The van der Waals surface area contributed by atoms with Crippen LogP contribution in [0.5, 0.6) is 0 Å². The van der Waals surface area contributed by atoms with E-state index >= 15 is 0 Å². The number of rotatable bonds is 7. The zero-order valence-corrected chi connectivity index (χ0v) is 19.8. The molecule has 34 heavy (non-hydrogen) atoms. The van der Waals surface area contributed by atoms with Crippen molar-refractivity contribution in [1.82, 2.24) is 20.6 Å². The highest BCUT2D eigenvalue weighted by Gasteiger charge is 2.20. The van der Waals surface area contributed by atoms with Crippen LogP contribution in [0.3, 0.4) is 0 Å². The van der Waals surface area contributed by atoms with Gasteiger partial charge in [0.25, 0.3) is 5.91 Å². The SMILES string of the molecule is CSc1ccc(CC(=O)Nc2cccc(-c3cnc(N)c(C(=O)N[C@H]4CCCNC4)n3)c2)cc1. The van der Waals surface area contributed by atoms with Gasteiger partial charge in [0.15, 0.2) is 11.5 Å². The molecule has 2 aromatic carbocycles. The summed E-state index contributed by atoms with van der Waals surface area (Å²) in [5, 5.41) is 9.18. The minimum Gasteiger partial charge on any atom is -0.382 e. The monoisotopic (exact) mass is 476 g/mol. The first-order valence-corrected chi connectivity index (χ1v) is 12.4. The predicted octanol–water partition coefficient (Wildman–Crippen LogP) is 3.11. The molecule has 1 atom stereocenters. The van der Waals surface area contributed by atoms with Gasteiger partial charge in [-0.15, -0.1) is 11.8 Å². The highest BCUT2D eigenvalue weighted by atomic mass is 32.2. The smallest absolute Gasteiger partial charge is 0.274 e. The number of hydrogen-bond acceptors (Lipinski definition) is 7. The number of benzene rings is 2. The number of hydrogen-bond donors (Lipinski definition) is 4. The Hall–Kier alpha value is -3.43. The van der Waals surface area contributed by atoms with Gasteiger partial charge in [0, 0.05) is 28.7 Å². The lowest BCUT2D eigenvalue weighted by molar-refractivity contribution is -0.115. The van der Waals surface area contributed by atoms with Crippen molar-refractivity contribution in [3.05, 3.63) is 66.0 Å². The average Bonchev–Trinajstić information content (AvgIpc) is 2.85. The van der Waals surface area contributed by atoms with Gasteiger partial charge in [-0.05, 0) is 55.5 Å². The quantitative estimate of drug-likeness (QED) is 0.387. The maximum absolute atomic E-state index is 12.8. The molecule has 1 aromatic heterocycles.